The van der Waals surface area contributed by atoms with E-state index in [2.05, 4.69) is 25.7 Å². The summed E-state index contributed by atoms with van der Waals surface area (Å²) in [5.41, 5.74) is 4.22. The molecule has 1 aromatic heterocycles. The summed E-state index contributed by atoms with van der Waals surface area (Å²) < 4.78 is 0. The molecule has 0 spiro atoms. The second-order valence-corrected chi connectivity index (χ2v) is 5.95. The van der Waals surface area contributed by atoms with Gasteiger partial charge in [0.05, 0.1) is 12.0 Å². The van der Waals surface area contributed by atoms with Gasteiger partial charge in [-0.1, -0.05) is 42.1 Å². The maximum Gasteiger partial charge on any atom is 0.240 e. The average Bonchev–Trinajstić information content (AvgIpc) is 3.10. The first-order valence-electron chi connectivity index (χ1n) is 7.42. The number of carbonyl (C=O) groups excluding carboxylic acids is 1. The number of thioether (sulfide) groups is 1. The minimum atomic E-state index is 0.0234. The third-order valence-electron chi connectivity index (χ3n) is 3.17. The van der Waals surface area contributed by atoms with Crippen molar-refractivity contribution in [3.63, 3.8) is 0 Å². The molecule has 0 fully saturated rings. The van der Waals surface area contributed by atoms with Crippen LogP contribution >= 0.6 is 11.8 Å². The molecule has 3 N–H and O–H groups in total. The van der Waals surface area contributed by atoms with E-state index < -0.39 is 0 Å². The van der Waals surface area contributed by atoms with E-state index in [1.54, 1.807) is 42.6 Å². The normalized spacial score (nSPS) is 10.9. The fourth-order valence-corrected chi connectivity index (χ4v) is 2.62. The molecule has 0 amide bonds. The van der Waals surface area contributed by atoms with Crippen molar-refractivity contribution < 1.29 is 9.90 Å². The molecule has 3 rings (SSSR count). The molecule has 7 nitrogen and oxygen atoms in total. The Morgan fingerprint density at radius 3 is 2.72 bits per heavy atom. The molecule has 0 saturated carbocycles. The number of hydrogen-bond acceptors (Lipinski definition) is 7. The van der Waals surface area contributed by atoms with Crippen LogP contribution in [0.3, 0.4) is 0 Å². The second-order valence-electron chi connectivity index (χ2n) is 5.01. The van der Waals surface area contributed by atoms with E-state index >= 15 is 0 Å². The maximum absolute atomic E-state index is 12.0. The predicted octanol–water partition coefficient (Wildman–Crippen LogP) is 2.93. The molecule has 0 aliphatic carbocycles. The minimum Gasteiger partial charge on any atom is -0.508 e. The molecule has 0 bridgehead atoms. The number of aromatic amines is 1. The highest BCUT2D eigenvalue weighted by atomic mass is 32.2. The van der Waals surface area contributed by atoms with Crippen LogP contribution < -0.4 is 5.43 Å². The van der Waals surface area contributed by atoms with Crippen LogP contribution in [-0.4, -0.2) is 38.0 Å². The molecular weight excluding hydrogens is 338 g/mol. The molecule has 0 aliphatic heterocycles. The summed E-state index contributed by atoms with van der Waals surface area (Å²) in [6.45, 7) is 0. The lowest BCUT2D eigenvalue weighted by atomic mass is 10.2. The Bertz CT molecular complexity index is 862. The number of nitrogens with one attached hydrogen (secondary N) is 2. The number of ketones is 1. The summed E-state index contributed by atoms with van der Waals surface area (Å²) >= 11 is 1.25. The van der Waals surface area contributed by atoms with E-state index in [9.17, 15) is 9.90 Å². The lowest BCUT2D eigenvalue weighted by Gasteiger charge is -1.97. The van der Waals surface area contributed by atoms with Gasteiger partial charge in [0, 0.05) is 5.56 Å². The van der Waals surface area contributed by atoms with Gasteiger partial charge in [0.2, 0.25) is 11.1 Å². The van der Waals surface area contributed by atoms with Crippen molar-refractivity contribution in [2.24, 2.45) is 5.10 Å². The molecule has 0 aliphatic rings. The molecular formula is C17H15N5O2S. The van der Waals surface area contributed by atoms with Gasteiger partial charge in [-0.25, -0.2) is 10.5 Å². The van der Waals surface area contributed by atoms with E-state index in [0.29, 0.717) is 16.7 Å². The van der Waals surface area contributed by atoms with Crippen LogP contribution in [0.4, 0.5) is 5.95 Å². The number of phenols is 1. The standard InChI is InChI=1S/C17H15N5O2S/c23-14-8-6-12(7-9-14)10-18-20-16-19-17(22-21-16)25-11-15(24)13-4-2-1-3-5-13/h1-10,23H,11H2,(H2,19,20,21,22)/b18-10-. The fraction of sp³-hybridized carbons (Fsp3) is 0.0588. The molecule has 0 unspecified atom stereocenters. The lowest BCUT2D eigenvalue weighted by molar-refractivity contribution is 0.102. The van der Waals surface area contributed by atoms with Crippen LogP contribution in [0.2, 0.25) is 0 Å². The zero-order valence-corrected chi connectivity index (χ0v) is 13.9. The smallest absolute Gasteiger partial charge is 0.240 e. The number of aromatic hydroxyl groups is 1. The second kappa shape index (κ2) is 8.11. The Morgan fingerprint density at radius 1 is 1.20 bits per heavy atom. The fourth-order valence-electron chi connectivity index (χ4n) is 1.93. The van der Waals surface area contributed by atoms with Crippen molar-refractivity contribution in [3.8, 4) is 5.75 Å². The monoisotopic (exact) mass is 353 g/mol. The SMILES string of the molecule is O=C(CSc1n[nH]c(N/N=C\c2ccc(O)cc2)n1)c1ccccc1. The number of H-pyrrole nitrogens is 1. The minimum absolute atomic E-state index is 0.0234. The van der Waals surface area contributed by atoms with Crippen molar-refractivity contribution in [2.75, 3.05) is 11.2 Å². The molecule has 0 radical (unpaired) electrons. The number of rotatable bonds is 7. The van der Waals surface area contributed by atoms with Gasteiger partial charge in [-0.05, 0) is 29.8 Å². The number of hydrazone groups is 1. The highest BCUT2D eigenvalue weighted by Crippen LogP contribution is 2.16. The van der Waals surface area contributed by atoms with Crippen molar-refractivity contribution in [2.45, 2.75) is 5.16 Å². The first kappa shape index (κ1) is 16.7. The van der Waals surface area contributed by atoms with Gasteiger partial charge in [0.1, 0.15) is 5.75 Å². The number of Topliss-reactive ketones (excluding diaryl/α,β-unsaturated/α-hetero) is 1. The van der Waals surface area contributed by atoms with E-state index in [4.69, 9.17) is 0 Å². The first-order chi connectivity index (χ1) is 12.2. The van der Waals surface area contributed by atoms with Crippen molar-refractivity contribution in [1.29, 1.82) is 0 Å². The lowest BCUT2D eigenvalue weighted by Crippen LogP contribution is -2.02. The highest BCUT2D eigenvalue weighted by molar-refractivity contribution is 7.99. The summed E-state index contributed by atoms with van der Waals surface area (Å²) in [5, 5.41) is 20.4. The molecule has 1 heterocycles. The van der Waals surface area contributed by atoms with Gasteiger partial charge in [-0.15, -0.1) is 5.10 Å². The Kier molecular flexibility index (Phi) is 5.43. The Labute approximate surface area is 148 Å². The predicted molar refractivity (Wildman–Crippen MR) is 97.2 cm³/mol. The summed E-state index contributed by atoms with van der Waals surface area (Å²) in [4.78, 5) is 16.2. The van der Waals surface area contributed by atoms with Crippen LogP contribution in [0.25, 0.3) is 0 Å². The van der Waals surface area contributed by atoms with E-state index in [-0.39, 0.29) is 17.3 Å². The number of phenolic OH excluding ortho intramolecular Hbond substituents is 1. The van der Waals surface area contributed by atoms with Gasteiger partial charge in [-0.2, -0.15) is 10.1 Å². The Morgan fingerprint density at radius 2 is 1.96 bits per heavy atom. The van der Waals surface area contributed by atoms with Gasteiger partial charge < -0.3 is 5.11 Å². The quantitative estimate of drug-likeness (QED) is 0.261. The number of aromatic nitrogens is 3. The number of benzene rings is 2. The molecule has 0 atom stereocenters. The third-order valence-corrected chi connectivity index (χ3v) is 4.02. The number of anilines is 1. The first-order valence-corrected chi connectivity index (χ1v) is 8.41. The van der Waals surface area contributed by atoms with Crippen LogP contribution in [0.15, 0.2) is 64.9 Å². The summed E-state index contributed by atoms with van der Waals surface area (Å²) in [6, 6.07) is 15.7. The van der Waals surface area contributed by atoms with Crippen LogP contribution in [-0.2, 0) is 0 Å². The summed E-state index contributed by atoms with van der Waals surface area (Å²) in [6.07, 6.45) is 1.59. The van der Waals surface area contributed by atoms with Crippen LogP contribution in [0.1, 0.15) is 15.9 Å². The van der Waals surface area contributed by atoms with Gasteiger partial charge in [-0.3, -0.25) is 4.79 Å². The Hall–Kier alpha value is -3.13. The number of hydrogen-bond donors (Lipinski definition) is 3. The average molecular weight is 353 g/mol. The van der Waals surface area contributed by atoms with Gasteiger partial charge in [0.15, 0.2) is 5.78 Å². The number of carbonyl (C=O) groups is 1. The van der Waals surface area contributed by atoms with E-state index in [0.717, 1.165) is 5.56 Å². The van der Waals surface area contributed by atoms with Gasteiger partial charge in [0.25, 0.3) is 0 Å². The molecule has 8 heteroatoms. The topological polar surface area (TPSA) is 103 Å². The van der Waals surface area contributed by atoms with Crippen LogP contribution in [0.5, 0.6) is 5.75 Å². The van der Waals surface area contributed by atoms with Crippen LogP contribution in [0, 0.1) is 0 Å². The van der Waals surface area contributed by atoms with E-state index in [1.165, 1.54) is 11.8 Å². The summed E-state index contributed by atoms with van der Waals surface area (Å²) in [5.74, 6) is 0.866. The zero-order valence-electron chi connectivity index (χ0n) is 13.1. The van der Waals surface area contributed by atoms with Crippen molar-refractivity contribution >= 4 is 29.7 Å². The molecule has 2 aromatic carbocycles. The van der Waals surface area contributed by atoms with E-state index in [1.807, 2.05) is 18.2 Å². The highest BCUT2D eigenvalue weighted by Gasteiger charge is 2.09. The zero-order chi connectivity index (χ0) is 17.5. The molecule has 126 valence electrons. The largest absolute Gasteiger partial charge is 0.508 e. The van der Waals surface area contributed by atoms with Crippen molar-refractivity contribution in [3.05, 3.63) is 65.7 Å². The summed E-state index contributed by atoms with van der Waals surface area (Å²) in [7, 11) is 0. The molecule has 25 heavy (non-hydrogen) atoms. The Balaban J connectivity index is 1.50. The van der Waals surface area contributed by atoms with Crippen molar-refractivity contribution in [1.82, 2.24) is 15.2 Å². The maximum atomic E-state index is 12.0. The van der Waals surface area contributed by atoms with Gasteiger partial charge >= 0.3 is 0 Å². The molecule has 3 aromatic rings. The number of nitrogens with zero attached hydrogens (tertiary/aromatic N) is 3. The molecule has 0 saturated heterocycles. The third kappa shape index (κ3) is 4.92.